The van der Waals surface area contributed by atoms with Crippen LogP contribution in [0.1, 0.15) is 27.7 Å². The lowest BCUT2D eigenvalue weighted by atomic mass is 10.4. The number of nitrogens with zero attached hydrogens (tertiary/aromatic N) is 1. The van der Waals surface area contributed by atoms with Gasteiger partial charge in [0.25, 0.3) is 0 Å². The number of halogens is 1. The normalized spacial score (nSPS) is 8.00. The molecule has 5 nitrogen and oxygen atoms in total. The van der Waals surface area contributed by atoms with Crippen LogP contribution in [0.15, 0.2) is 24.3 Å². The van der Waals surface area contributed by atoms with Gasteiger partial charge in [0.2, 0.25) is 0 Å². The molecule has 0 saturated heterocycles. The van der Waals surface area contributed by atoms with Crippen LogP contribution in [-0.2, 0) is 19.1 Å². The summed E-state index contributed by atoms with van der Waals surface area (Å²) in [5, 5.41) is 0. The van der Waals surface area contributed by atoms with Gasteiger partial charge in [0.15, 0.2) is 0 Å². The summed E-state index contributed by atoms with van der Waals surface area (Å²) in [6, 6.07) is 0. The van der Waals surface area contributed by atoms with Gasteiger partial charge in [-0.3, -0.25) is 0 Å². The summed E-state index contributed by atoms with van der Waals surface area (Å²) in [5.41, 5.74) is 0.902. The molecule has 0 aliphatic carbocycles. The van der Waals surface area contributed by atoms with E-state index in [1.807, 2.05) is 26.0 Å². The highest BCUT2D eigenvalue weighted by atomic mass is 35.5. The molecule has 0 radical (unpaired) electrons. The van der Waals surface area contributed by atoms with E-state index >= 15 is 0 Å². The van der Waals surface area contributed by atoms with Crippen molar-refractivity contribution in [1.29, 1.82) is 0 Å². The van der Waals surface area contributed by atoms with E-state index in [-0.39, 0.29) is 24.3 Å². The number of ether oxygens (including phenoxy) is 2. The summed E-state index contributed by atoms with van der Waals surface area (Å²) < 4.78 is 9.13. The lowest BCUT2D eigenvalue weighted by Gasteiger charge is -1.96. The Hall–Kier alpha value is -1.33. The molecule has 21 heavy (non-hydrogen) atoms. The van der Waals surface area contributed by atoms with Crippen molar-refractivity contribution in [3.63, 3.8) is 0 Å². The zero-order chi connectivity index (χ0) is 16.7. The van der Waals surface area contributed by atoms with Crippen LogP contribution >= 0.6 is 12.4 Å². The van der Waals surface area contributed by atoms with Crippen molar-refractivity contribution in [3.8, 4) is 0 Å². The molecule has 0 aliphatic rings. The van der Waals surface area contributed by atoms with Gasteiger partial charge >= 0.3 is 11.9 Å². The van der Waals surface area contributed by atoms with Crippen LogP contribution in [0, 0.1) is 0 Å². The first-order valence-corrected chi connectivity index (χ1v) is 6.36. The molecule has 0 N–H and O–H groups in total. The van der Waals surface area contributed by atoms with Gasteiger partial charge in [-0.05, 0) is 48.8 Å². The predicted molar refractivity (Wildman–Crippen MR) is 89.8 cm³/mol. The first-order valence-electron chi connectivity index (χ1n) is 6.36. The van der Waals surface area contributed by atoms with Crippen molar-refractivity contribution in [2.75, 3.05) is 34.4 Å². The molecule has 0 atom stereocenters. The van der Waals surface area contributed by atoms with E-state index < -0.39 is 0 Å². The van der Waals surface area contributed by atoms with Gasteiger partial charge in [0.05, 0.1) is 13.2 Å². The largest absolute Gasteiger partial charge is 0.463 e. The zero-order valence-corrected chi connectivity index (χ0v) is 15.1. The van der Waals surface area contributed by atoms with Gasteiger partial charge in [-0.2, -0.15) is 0 Å². The highest BCUT2D eigenvalue weighted by Crippen LogP contribution is 1.90. The van der Waals surface area contributed by atoms with E-state index in [1.54, 1.807) is 27.7 Å². The van der Waals surface area contributed by atoms with E-state index in [0.717, 1.165) is 0 Å². The van der Waals surface area contributed by atoms with E-state index in [9.17, 15) is 9.59 Å². The molecule has 0 rings (SSSR count). The first-order chi connectivity index (χ1) is 9.09. The first kappa shape index (κ1) is 27.9. The van der Waals surface area contributed by atoms with Gasteiger partial charge in [-0.25, -0.2) is 9.59 Å². The molecule has 0 aromatic heterocycles. The fraction of sp³-hybridized carbons (Fsp3) is 0.600. The third kappa shape index (κ3) is 32.3. The third-order valence-corrected chi connectivity index (χ3v) is 1.25. The second-order valence-corrected chi connectivity index (χ2v) is 4.34. The standard InChI is InChI=1S/2C6H10O2.C3H9N.ClH/c2*1-4-8-6(7)5(2)3;1-4(2)3;/h2*2,4H2,1,3H3;1-3H3;1H. The Labute approximate surface area is 135 Å². The summed E-state index contributed by atoms with van der Waals surface area (Å²) in [6.07, 6.45) is 0. The highest BCUT2D eigenvalue weighted by Gasteiger charge is 1.98. The molecule has 0 fully saturated rings. The predicted octanol–water partition coefficient (Wildman–Crippen LogP) is 2.85. The quantitative estimate of drug-likeness (QED) is 0.588. The minimum atomic E-state index is -0.312. The topological polar surface area (TPSA) is 55.8 Å². The summed E-state index contributed by atoms with van der Waals surface area (Å²) >= 11 is 0. The molecule has 0 heterocycles. The minimum Gasteiger partial charge on any atom is -0.463 e. The second kappa shape index (κ2) is 18.7. The fourth-order valence-electron chi connectivity index (χ4n) is 0.509. The van der Waals surface area contributed by atoms with E-state index in [1.165, 1.54) is 0 Å². The zero-order valence-electron chi connectivity index (χ0n) is 14.3. The number of hydrogen-bond donors (Lipinski definition) is 0. The van der Waals surface area contributed by atoms with Crippen LogP contribution in [0.2, 0.25) is 0 Å². The molecular weight excluding hydrogens is 294 g/mol. The van der Waals surface area contributed by atoms with Crippen LogP contribution in [0.4, 0.5) is 0 Å². The van der Waals surface area contributed by atoms with E-state index in [2.05, 4.69) is 22.6 Å². The molecular formula is C15H30ClNO4. The fourth-order valence-corrected chi connectivity index (χ4v) is 0.509. The number of carbonyl (C=O) groups is 2. The lowest BCUT2D eigenvalue weighted by molar-refractivity contribution is -0.139. The Morgan fingerprint density at radius 1 is 0.857 bits per heavy atom. The summed E-state index contributed by atoms with van der Waals surface area (Å²) in [4.78, 5) is 22.8. The van der Waals surface area contributed by atoms with Crippen LogP contribution in [0.25, 0.3) is 0 Å². The van der Waals surface area contributed by atoms with Gasteiger partial charge in [-0.1, -0.05) is 13.2 Å². The molecule has 0 aromatic rings. The second-order valence-electron chi connectivity index (χ2n) is 4.34. The maximum Gasteiger partial charge on any atom is 0.333 e. The van der Waals surface area contributed by atoms with Crippen molar-refractivity contribution < 1.29 is 19.1 Å². The summed E-state index contributed by atoms with van der Waals surface area (Å²) in [5.74, 6) is -0.625. The lowest BCUT2D eigenvalue weighted by Crippen LogP contribution is -2.03. The highest BCUT2D eigenvalue weighted by molar-refractivity contribution is 5.87. The van der Waals surface area contributed by atoms with Crippen LogP contribution < -0.4 is 0 Å². The number of rotatable bonds is 4. The maximum atomic E-state index is 10.4. The van der Waals surface area contributed by atoms with Crippen LogP contribution in [0.5, 0.6) is 0 Å². The van der Waals surface area contributed by atoms with Crippen molar-refractivity contribution >= 4 is 24.3 Å². The van der Waals surface area contributed by atoms with Crippen LogP contribution in [-0.4, -0.2) is 51.2 Å². The molecule has 0 spiro atoms. The smallest absolute Gasteiger partial charge is 0.333 e. The molecule has 0 saturated carbocycles. The third-order valence-electron chi connectivity index (χ3n) is 1.25. The Balaban J connectivity index is -0.000000107. The van der Waals surface area contributed by atoms with Crippen molar-refractivity contribution in [3.05, 3.63) is 24.3 Å². The summed E-state index contributed by atoms with van der Waals surface area (Å²) in [7, 11) is 6.00. The molecule has 0 aliphatic heterocycles. The molecule has 6 heteroatoms. The number of esters is 2. The van der Waals surface area contributed by atoms with E-state index in [0.29, 0.717) is 24.4 Å². The average molecular weight is 324 g/mol. The van der Waals surface area contributed by atoms with Gasteiger partial charge in [0, 0.05) is 11.1 Å². The van der Waals surface area contributed by atoms with Gasteiger partial charge < -0.3 is 14.4 Å². The van der Waals surface area contributed by atoms with E-state index in [4.69, 9.17) is 0 Å². The average Bonchev–Trinajstić information content (AvgIpc) is 2.29. The molecule has 0 amide bonds. The van der Waals surface area contributed by atoms with Gasteiger partial charge in [0.1, 0.15) is 0 Å². The SMILES string of the molecule is C=C(C)C(=O)OCC.C=C(C)C(=O)OCC.CN(C)C.Cl. The van der Waals surface area contributed by atoms with Crippen LogP contribution in [0.3, 0.4) is 0 Å². The van der Waals surface area contributed by atoms with Gasteiger partial charge in [-0.15, -0.1) is 12.4 Å². The molecule has 0 aromatic carbocycles. The Morgan fingerprint density at radius 2 is 1.05 bits per heavy atom. The Morgan fingerprint density at radius 3 is 1.10 bits per heavy atom. The minimum absolute atomic E-state index is 0. The Kier molecular flexibility index (Phi) is 24.8. The number of carbonyl (C=O) groups excluding carboxylic acids is 2. The maximum absolute atomic E-state index is 10.4. The monoisotopic (exact) mass is 323 g/mol. The van der Waals surface area contributed by atoms with Crippen molar-refractivity contribution in [2.24, 2.45) is 0 Å². The Bertz CT molecular complexity index is 284. The molecule has 126 valence electrons. The molecule has 0 bridgehead atoms. The van der Waals surface area contributed by atoms with Crippen molar-refractivity contribution in [1.82, 2.24) is 4.90 Å². The summed E-state index contributed by atoms with van der Waals surface area (Å²) in [6.45, 7) is 14.4. The van der Waals surface area contributed by atoms with Crippen molar-refractivity contribution in [2.45, 2.75) is 27.7 Å². The molecule has 0 unspecified atom stereocenters. The number of hydrogen-bond acceptors (Lipinski definition) is 5.